The second-order valence-corrected chi connectivity index (χ2v) is 8.90. The lowest BCUT2D eigenvalue weighted by Gasteiger charge is -2.26. The number of hydrogen-bond donors (Lipinski definition) is 3. The van der Waals surface area contributed by atoms with E-state index in [0.717, 1.165) is 58.5 Å². The second kappa shape index (κ2) is 12.6. The highest BCUT2D eigenvalue weighted by molar-refractivity contribution is 7.15. The van der Waals surface area contributed by atoms with E-state index in [4.69, 9.17) is 17.3 Å². The Bertz CT molecular complexity index is 979. The van der Waals surface area contributed by atoms with Gasteiger partial charge in [0.1, 0.15) is 5.82 Å². The molecule has 1 saturated heterocycles. The van der Waals surface area contributed by atoms with Crippen LogP contribution in [-0.4, -0.2) is 49.7 Å². The fourth-order valence-corrected chi connectivity index (χ4v) is 4.68. The number of rotatable bonds is 10. The molecule has 6 nitrogen and oxygen atoms in total. The first-order valence-corrected chi connectivity index (χ1v) is 12.0. The molecule has 0 bridgehead atoms. The first-order valence-electron chi connectivity index (χ1n) is 10.8. The van der Waals surface area contributed by atoms with Crippen LogP contribution in [-0.2, 0) is 13.0 Å². The number of nitrogens with zero attached hydrogens (tertiary/aromatic N) is 2. The molecule has 32 heavy (non-hydrogen) atoms. The summed E-state index contributed by atoms with van der Waals surface area (Å²) in [6.45, 7) is 8.22. The van der Waals surface area contributed by atoms with Gasteiger partial charge in [-0.15, -0.1) is 11.3 Å². The van der Waals surface area contributed by atoms with Gasteiger partial charge in [0.25, 0.3) is 5.91 Å². The van der Waals surface area contributed by atoms with E-state index in [1.165, 1.54) is 11.3 Å². The monoisotopic (exact) mass is 471 g/mol. The molecule has 4 N–H and O–H groups in total. The maximum atomic E-state index is 12.7. The summed E-state index contributed by atoms with van der Waals surface area (Å²) < 4.78 is 0. The lowest BCUT2D eigenvalue weighted by atomic mass is 10.1. The van der Waals surface area contributed by atoms with Crippen molar-refractivity contribution in [3.05, 3.63) is 74.7 Å². The van der Waals surface area contributed by atoms with E-state index >= 15 is 0 Å². The average Bonchev–Trinajstić information content (AvgIpc) is 3.23. The van der Waals surface area contributed by atoms with Crippen molar-refractivity contribution in [2.24, 2.45) is 10.7 Å². The Morgan fingerprint density at radius 1 is 1.31 bits per heavy atom. The number of nitrogens with two attached hydrogens (primary N) is 1. The van der Waals surface area contributed by atoms with Gasteiger partial charge < -0.3 is 21.3 Å². The first-order chi connectivity index (χ1) is 15.6. The second-order valence-electron chi connectivity index (χ2n) is 7.41. The third-order valence-corrected chi connectivity index (χ3v) is 6.62. The SMILES string of the molecule is C=C(/N=C\C/C=C\c1sc(C(=O)N2CCNCC2)cc1CN)NCCc1ccccc1Cl. The van der Waals surface area contributed by atoms with Crippen LogP contribution in [0.2, 0.25) is 5.02 Å². The maximum absolute atomic E-state index is 12.7. The Morgan fingerprint density at radius 3 is 2.84 bits per heavy atom. The average molecular weight is 472 g/mol. The van der Waals surface area contributed by atoms with Gasteiger partial charge in [-0.1, -0.05) is 42.5 Å². The minimum absolute atomic E-state index is 0.0894. The lowest BCUT2D eigenvalue weighted by Crippen LogP contribution is -2.46. The highest BCUT2D eigenvalue weighted by Gasteiger charge is 2.20. The molecule has 1 aromatic carbocycles. The van der Waals surface area contributed by atoms with Crippen LogP contribution in [0.15, 0.2) is 53.8 Å². The summed E-state index contributed by atoms with van der Waals surface area (Å²) in [6.07, 6.45) is 7.31. The van der Waals surface area contributed by atoms with Crippen molar-refractivity contribution < 1.29 is 4.79 Å². The third-order valence-electron chi connectivity index (χ3n) is 5.12. The van der Waals surface area contributed by atoms with Crippen molar-refractivity contribution >= 4 is 41.1 Å². The summed E-state index contributed by atoms with van der Waals surface area (Å²) in [6, 6.07) is 9.74. The molecular formula is C24H30ClN5OS. The van der Waals surface area contributed by atoms with Crippen molar-refractivity contribution in [1.82, 2.24) is 15.5 Å². The smallest absolute Gasteiger partial charge is 0.264 e. The maximum Gasteiger partial charge on any atom is 0.264 e. The molecule has 1 amide bonds. The summed E-state index contributed by atoms with van der Waals surface area (Å²) in [5.41, 5.74) is 7.99. The number of carbonyl (C=O) groups excluding carboxylic acids is 1. The fourth-order valence-electron chi connectivity index (χ4n) is 3.36. The number of hydrogen-bond acceptors (Lipinski definition) is 6. The summed E-state index contributed by atoms with van der Waals surface area (Å²) in [4.78, 5) is 20.7. The summed E-state index contributed by atoms with van der Waals surface area (Å²) in [5, 5.41) is 7.24. The molecule has 0 radical (unpaired) electrons. The molecule has 2 heterocycles. The van der Waals surface area contributed by atoms with Gasteiger partial charge in [0.2, 0.25) is 0 Å². The Balaban J connectivity index is 1.46. The Labute approximate surface area is 198 Å². The highest BCUT2D eigenvalue weighted by Crippen LogP contribution is 2.25. The van der Waals surface area contributed by atoms with Gasteiger partial charge in [-0.2, -0.15) is 0 Å². The van der Waals surface area contributed by atoms with E-state index in [1.54, 1.807) is 0 Å². The van der Waals surface area contributed by atoms with Crippen molar-refractivity contribution in [3.63, 3.8) is 0 Å². The minimum Gasteiger partial charge on any atom is -0.370 e. The van der Waals surface area contributed by atoms with E-state index in [2.05, 4.69) is 22.2 Å². The van der Waals surface area contributed by atoms with Crippen LogP contribution in [0.25, 0.3) is 6.08 Å². The number of nitrogens with one attached hydrogen (secondary N) is 2. The zero-order chi connectivity index (χ0) is 22.8. The highest BCUT2D eigenvalue weighted by atomic mass is 35.5. The van der Waals surface area contributed by atoms with E-state index < -0.39 is 0 Å². The number of halogens is 1. The number of allylic oxidation sites excluding steroid dienone is 1. The van der Waals surface area contributed by atoms with Gasteiger partial charge in [0.15, 0.2) is 0 Å². The molecule has 1 fully saturated rings. The third kappa shape index (κ3) is 7.03. The van der Waals surface area contributed by atoms with Crippen molar-refractivity contribution in [3.8, 4) is 0 Å². The molecule has 0 saturated carbocycles. The van der Waals surface area contributed by atoms with Gasteiger partial charge in [-0.3, -0.25) is 4.79 Å². The van der Waals surface area contributed by atoms with Crippen LogP contribution in [0.4, 0.5) is 0 Å². The Morgan fingerprint density at radius 2 is 2.09 bits per heavy atom. The van der Waals surface area contributed by atoms with Crippen molar-refractivity contribution in [1.29, 1.82) is 0 Å². The largest absolute Gasteiger partial charge is 0.370 e. The molecule has 1 aliphatic heterocycles. The van der Waals surface area contributed by atoms with Gasteiger partial charge in [0, 0.05) is 61.8 Å². The molecular weight excluding hydrogens is 442 g/mol. The topological polar surface area (TPSA) is 82.8 Å². The lowest BCUT2D eigenvalue weighted by molar-refractivity contribution is 0.0740. The van der Waals surface area contributed by atoms with Crippen LogP contribution in [0.1, 0.15) is 32.1 Å². The summed E-state index contributed by atoms with van der Waals surface area (Å²) >= 11 is 7.67. The van der Waals surface area contributed by atoms with Crippen LogP contribution >= 0.6 is 22.9 Å². The van der Waals surface area contributed by atoms with Gasteiger partial charge in [-0.25, -0.2) is 4.99 Å². The molecule has 0 spiro atoms. The van der Waals surface area contributed by atoms with Gasteiger partial charge in [-0.05, 0) is 35.8 Å². The van der Waals surface area contributed by atoms with Crippen LogP contribution in [0.3, 0.4) is 0 Å². The number of amides is 1. The van der Waals surface area contributed by atoms with Crippen LogP contribution in [0.5, 0.6) is 0 Å². The van der Waals surface area contributed by atoms with Gasteiger partial charge in [0.05, 0.1) is 4.88 Å². The number of benzene rings is 1. The summed E-state index contributed by atoms with van der Waals surface area (Å²) in [5.74, 6) is 0.708. The van der Waals surface area contributed by atoms with E-state index in [1.807, 2.05) is 53.6 Å². The predicted molar refractivity (Wildman–Crippen MR) is 135 cm³/mol. The molecule has 1 aromatic heterocycles. The molecule has 8 heteroatoms. The fraction of sp³-hybridized carbons (Fsp3) is 0.333. The predicted octanol–water partition coefficient (Wildman–Crippen LogP) is 3.68. The zero-order valence-corrected chi connectivity index (χ0v) is 19.7. The number of piperazine rings is 1. The van der Waals surface area contributed by atoms with E-state index in [0.29, 0.717) is 25.3 Å². The number of aliphatic imine (C=N–C) groups is 1. The molecule has 170 valence electrons. The van der Waals surface area contributed by atoms with Gasteiger partial charge >= 0.3 is 0 Å². The quantitative estimate of drug-likeness (QED) is 0.461. The zero-order valence-electron chi connectivity index (χ0n) is 18.1. The Hall–Kier alpha value is -2.45. The molecule has 3 rings (SSSR count). The summed E-state index contributed by atoms with van der Waals surface area (Å²) in [7, 11) is 0. The first kappa shape index (κ1) is 24.2. The standard InChI is InChI=1S/C24H30ClN5OS/c1-18(29-11-9-19-6-2-3-7-21(19)25)28-10-5-4-8-22-20(17-26)16-23(32-22)24(31)30-14-12-27-13-15-30/h2-4,6-8,10,16,27,29H,1,5,9,11-15,17,26H2/b8-4-,28-10-. The van der Waals surface area contributed by atoms with E-state index in [9.17, 15) is 4.79 Å². The van der Waals surface area contributed by atoms with Crippen molar-refractivity contribution in [2.75, 3.05) is 32.7 Å². The minimum atomic E-state index is 0.0894. The molecule has 2 aromatic rings. The van der Waals surface area contributed by atoms with Crippen molar-refractivity contribution in [2.45, 2.75) is 19.4 Å². The normalized spacial score (nSPS) is 14.4. The van der Waals surface area contributed by atoms with Crippen LogP contribution in [0, 0.1) is 0 Å². The molecule has 0 atom stereocenters. The molecule has 0 aliphatic carbocycles. The number of thiophene rings is 1. The number of carbonyl (C=O) groups is 1. The molecule has 0 unspecified atom stereocenters. The van der Waals surface area contributed by atoms with E-state index in [-0.39, 0.29) is 5.91 Å². The molecule has 1 aliphatic rings. The Kier molecular flexibility index (Phi) is 9.49. The van der Waals surface area contributed by atoms with Crippen LogP contribution < -0.4 is 16.4 Å².